The van der Waals surface area contributed by atoms with Gasteiger partial charge < -0.3 is 18.8 Å². The number of aliphatic hydroxyl groups is 1. The summed E-state index contributed by atoms with van der Waals surface area (Å²) in [6, 6.07) is 0. The van der Waals surface area contributed by atoms with Crippen molar-refractivity contribution < 1.29 is 18.8 Å². The standard InChI is InChI=1S/C34H60O2Si.C28H48O2Si/c1-23(14-15-24(2)32(7,8)35)29-16-17-30-26(13-12-18-33(29,30)9)19-25(3)34-21-27(34)20-28(22-34)36-37(10,11)31(4,5)6;1-19(18-29)24-11-12-25-21(10-9-13-27(24,25)6)14-20(2)28-16-22(28)15-23(17-28)30-31(7,8)26(3,4)5/h14-15,19,23-25,27-30,35H,12-13,16-18,20-22H2,1-11H3;14,18-20,22-25H,9-13,15-17H2,1-8H3/b15-14+,26-19+;21-14+/t23-,24+,25-,27?,28+,29-,30+,33-,34-;19-,20-,22?,23+,24-,25+,27-,28-/m11/s1. The first-order chi connectivity index (χ1) is 31.2. The molecular formula is C62H108O4Si2. The Morgan fingerprint density at radius 3 is 1.37 bits per heavy atom. The third-order valence-electron chi connectivity index (χ3n) is 23.5. The Kier molecular flexibility index (Phi) is 15.5. The van der Waals surface area contributed by atoms with E-state index in [1.54, 1.807) is 11.1 Å². The lowest BCUT2D eigenvalue weighted by Gasteiger charge is -2.44. The Morgan fingerprint density at radius 2 is 1.00 bits per heavy atom. The Hall–Kier alpha value is -0.796. The molecule has 0 aromatic carbocycles. The molecule has 0 radical (unpaired) electrons. The molecule has 8 aliphatic carbocycles. The van der Waals surface area contributed by atoms with Crippen LogP contribution in [0.3, 0.4) is 0 Å². The zero-order valence-corrected chi connectivity index (χ0v) is 49.9. The summed E-state index contributed by atoms with van der Waals surface area (Å²) in [5, 5.41) is 11.0. The number of hydrogen-bond donors (Lipinski definition) is 1. The first-order valence-electron chi connectivity index (χ1n) is 28.9. The fourth-order valence-corrected chi connectivity index (χ4v) is 19.2. The van der Waals surface area contributed by atoms with Gasteiger partial charge in [0.15, 0.2) is 16.6 Å². The van der Waals surface area contributed by atoms with Crippen molar-refractivity contribution in [1.29, 1.82) is 0 Å². The van der Waals surface area contributed by atoms with E-state index in [4.69, 9.17) is 8.85 Å². The molecule has 17 atom stereocenters. The fourth-order valence-electron chi connectivity index (χ4n) is 16.5. The molecule has 0 aromatic rings. The third-order valence-corrected chi connectivity index (χ3v) is 32.6. The fraction of sp³-hybridized carbons (Fsp3) is 0.887. The molecule has 4 nitrogen and oxygen atoms in total. The number of hydrogen-bond acceptors (Lipinski definition) is 4. The van der Waals surface area contributed by atoms with Crippen LogP contribution in [-0.2, 0) is 13.6 Å². The maximum Gasteiger partial charge on any atom is 0.192 e. The van der Waals surface area contributed by atoms with Gasteiger partial charge in [-0.2, -0.15) is 0 Å². The van der Waals surface area contributed by atoms with Gasteiger partial charge in [0.05, 0.1) is 5.60 Å². The summed E-state index contributed by atoms with van der Waals surface area (Å²) >= 11 is 0. The van der Waals surface area contributed by atoms with Crippen molar-refractivity contribution in [2.45, 2.75) is 261 Å². The van der Waals surface area contributed by atoms with Crippen LogP contribution in [0.1, 0.15) is 207 Å². The summed E-state index contributed by atoms with van der Waals surface area (Å²) in [6.07, 6.45) is 33.6. The Morgan fingerprint density at radius 1 is 0.603 bits per heavy atom. The van der Waals surface area contributed by atoms with Crippen molar-refractivity contribution in [2.24, 2.45) is 86.8 Å². The SMILES string of the molecule is C[C@H](/C=C/[C@H](C)C(C)(C)O)[C@H]1CC[C@H]2/C(=C/[C@@H](C)[C@]34CC3C[C@H](O[Si](C)(C)C(C)(C)C)C4)CCC[C@]12C.C[C@H](C=O)[C@H]1CC[C@H]2/C(=C/[C@@H](C)[C@]34CC3C[C@H](O[Si](C)(C)C(C)(C)C)C4)CCC[C@]12C. The molecule has 8 saturated carbocycles. The minimum Gasteiger partial charge on any atom is -0.414 e. The second-order valence-electron chi connectivity index (χ2n) is 30.1. The molecule has 0 heterocycles. The van der Waals surface area contributed by atoms with Gasteiger partial charge in [-0.3, -0.25) is 0 Å². The smallest absolute Gasteiger partial charge is 0.192 e. The van der Waals surface area contributed by atoms with Gasteiger partial charge in [-0.25, -0.2) is 0 Å². The molecule has 0 spiro atoms. The van der Waals surface area contributed by atoms with E-state index in [9.17, 15) is 9.90 Å². The topological polar surface area (TPSA) is 55.8 Å². The Bertz CT molecular complexity index is 1890. The molecule has 0 saturated heterocycles. The van der Waals surface area contributed by atoms with E-state index >= 15 is 0 Å². The quantitative estimate of drug-likeness (QED) is 0.107. The minimum absolute atomic E-state index is 0.184. The molecule has 8 rings (SSSR count). The Labute approximate surface area is 422 Å². The molecule has 8 aliphatic rings. The van der Waals surface area contributed by atoms with Crippen LogP contribution in [0.25, 0.3) is 0 Å². The number of carbonyl (C=O) groups is 1. The normalized spacial score (nSPS) is 41.6. The Balaban J connectivity index is 0.000000204. The van der Waals surface area contributed by atoms with E-state index in [1.165, 1.54) is 109 Å². The van der Waals surface area contributed by atoms with Gasteiger partial charge in [0.1, 0.15) is 6.29 Å². The number of rotatable bonds is 14. The summed E-state index contributed by atoms with van der Waals surface area (Å²) in [5.41, 5.74) is 4.71. The van der Waals surface area contributed by atoms with Crippen LogP contribution in [0.15, 0.2) is 35.5 Å². The summed E-state index contributed by atoms with van der Waals surface area (Å²) < 4.78 is 13.8. The molecule has 8 fully saturated rings. The van der Waals surface area contributed by atoms with Gasteiger partial charge in [-0.1, -0.05) is 125 Å². The predicted molar refractivity (Wildman–Crippen MR) is 294 cm³/mol. The summed E-state index contributed by atoms with van der Waals surface area (Å²) in [6.45, 7) is 44.6. The summed E-state index contributed by atoms with van der Waals surface area (Å²) in [7, 11) is -3.38. The second-order valence-corrected chi connectivity index (χ2v) is 39.6. The zero-order chi connectivity index (χ0) is 50.4. The van der Waals surface area contributed by atoms with Gasteiger partial charge in [0.2, 0.25) is 0 Å². The monoisotopic (exact) mass is 973 g/mol. The molecule has 68 heavy (non-hydrogen) atoms. The lowest BCUT2D eigenvalue weighted by molar-refractivity contribution is -0.113. The van der Waals surface area contributed by atoms with Crippen LogP contribution < -0.4 is 0 Å². The van der Waals surface area contributed by atoms with E-state index in [-0.39, 0.29) is 11.8 Å². The average Bonchev–Trinajstić information content (AvgIpc) is 3.79. The van der Waals surface area contributed by atoms with Gasteiger partial charge in [0, 0.05) is 24.0 Å². The average molecular weight is 974 g/mol. The van der Waals surface area contributed by atoms with Crippen LogP contribution in [-0.4, -0.2) is 45.8 Å². The molecule has 1 N–H and O–H groups in total. The highest BCUT2D eigenvalue weighted by Crippen LogP contribution is 2.71. The molecule has 6 heteroatoms. The van der Waals surface area contributed by atoms with E-state index in [1.807, 2.05) is 13.8 Å². The molecule has 0 bridgehead atoms. The van der Waals surface area contributed by atoms with Crippen LogP contribution >= 0.6 is 0 Å². The molecule has 0 aromatic heterocycles. The molecule has 2 unspecified atom stereocenters. The first kappa shape index (κ1) is 55.0. The summed E-state index contributed by atoms with van der Waals surface area (Å²) in [4.78, 5) is 11.6. The number of allylic oxidation sites excluding steroid dienone is 5. The molecule has 388 valence electrons. The number of fused-ring (bicyclic) bond motifs is 4. The largest absolute Gasteiger partial charge is 0.414 e. The van der Waals surface area contributed by atoms with E-state index in [0.717, 1.165) is 23.7 Å². The highest BCUT2D eigenvalue weighted by atomic mass is 28.4. The van der Waals surface area contributed by atoms with Gasteiger partial charge in [-0.05, 0) is 228 Å². The number of carbonyl (C=O) groups excluding carboxylic acids is 1. The lowest BCUT2D eigenvalue weighted by Crippen LogP contribution is -2.43. The molecule has 0 aliphatic heterocycles. The van der Waals surface area contributed by atoms with E-state index < -0.39 is 22.2 Å². The highest BCUT2D eigenvalue weighted by Gasteiger charge is 2.65. The number of aldehydes is 1. The lowest BCUT2D eigenvalue weighted by atomic mass is 9.60. The van der Waals surface area contributed by atoms with Crippen molar-refractivity contribution in [3.63, 3.8) is 0 Å². The van der Waals surface area contributed by atoms with Crippen LogP contribution in [0.5, 0.6) is 0 Å². The van der Waals surface area contributed by atoms with E-state index in [2.05, 4.69) is 141 Å². The van der Waals surface area contributed by atoms with Crippen molar-refractivity contribution in [3.8, 4) is 0 Å². The summed E-state index contributed by atoms with van der Waals surface area (Å²) in [5.74, 6) is 6.92. The molecule has 0 amide bonds. The van der Waals surface area contributed by atoms with Crippen LogP contribution in [0.4, 0.5) is 0 Å². The van der Waals surface area contributed by atoms with Gasteiger partial charge in [0.25, 0.3) is 0 Å². The van der Waals surface area contributed by atoms with Gasteiger partial charge >= 0.3 is 0 Å². The van der Waals surface area contributed by atoms with E-state index in [0.29, 0.717) is 73.5 Å². The van der Waals surface area contributed by atoms with Crippen LogP contribution in [0, 0.1) is 86.8 Å². The van der Waals surface area contributed by atoms with Crippen LogP contribution in [0.2, 0.25) is 36.3 Å². The maximum atomic E-state index is 11.6. The molecular weight excluding hydrogens is 865 g/mol. The van der Waals surface area contributed by atoms with Gasteiger partial charge in [-0.15, -0.1) is 0 Å². The highest BCUT2D eigenvalue weighted by molar-refractivity contribution is 6.74. The second kappa shape index (κ2) is 19.2. The third kappa shape index (κ3) is 10.5. The first-order valence-corrected chi connectivity index (χ1v) is 34.7. The van der Waals surface area contributed by atoms with Crippen molar-refractivity contribution in [1.82, 2.24) is 0 Å². The minimum atomic E-state index is -1.69. The zero-order valence-electron chi connectivity index (χ0n) is 47.9. The van der Waals surface area contributed by atoms with Crippen molar-refractivity contribution >= 4 is 22.9 Å². The van der Waals surface area contributed by atoms with Crippen molar-refractivity contribution in [2.75, 3.05) is 0 Å². The predicted octanol–water partition coefficient (Wildman–Crippen LogP) is 17.3. The van der Waals surface area contributed by atoms with Crippen molar-refractivity contribution in [3.05, 3.63) is 35.5 Å². The maximum absolute atomic E-state index is 11.6.